The molecule has 28 heavy (non-hydrogen) atoms. The van der Waals surface area contributed by atoms with Crippen molar-refractivity contribution in [3.8, 4) is 5.75 Å². The molecule has 2 aromatic heterocycles. The summed E-state index contributed by atoms with van der Waals surface area (Å²) in [6.45, 7) is 1.03. The van der Waals surface area contributed by atoms with E-state index in [-0.39, 0.29) is 11.9 Å². The molecule has 1 aliphatic carbocycles. The van der Waals surface area contributed by atoms with Gasteiger partial charge in [0.2, 0.25) is 5.91 Å². The van der Waals surface area contributed by atoms with Gasteiger partial charge in [-0.3, -0.25) is 4.79 Å². The van der Waals surface area contributed by atoms with Gasteiger partial charge in [-0.25, -0.2) is 0 Å². The highest BCUT2D eigenvalue weighted by atomic mass is 16.5. The van der Waals surface area contributed by atoms with Crippen molar-refractivity contribution in [2.24, 2.45) is 0 Å². The van der Waals surface area contributed by atoms with Gasteiger partial charge >= 0.3 is 0 Å². The van der Waals surface area contributed by atoms with Crippen LogP contribution in [0, 0.1) is 0 Å². The van der Waals surface area contributed by atoms with Crippen LogP contribution in [0.15, 0.2) is 42.7 Å². The van der Waals surface area contributed by atoms with Crippen LogP contribution in [0.4, 0.5) is 0 Å². The van der Waals surface area contributed by atoms with Crippen molar-refractivity contribution in [3.63, 3.8) is 0 Å². The molecule has 0 saturated heterocycles. The molecule has 0 saturated carbocycles. The van der Waals surface area contributed by atoms with Crippen molar-refractivity contribution in [1.29, 1.82) is 0 Å². The Morgan fingerprint density at radius 3 is 2.93 bits per heavy atom. The molecule has 0 aliphatic heterocycles. The standard InChI is InChI=1S/C23H29N3O2/c1-28-17-11-12-20-19(16-17)18-8-7-9-21(23(18)25-20)24-22(27)10-3-2-4-13-26-14-5-6-15-26/h5-6,11-12,14-16,21,25H,2-4,7-10,13H2,1H3,(H,24,27)/t21-/m1/s1. The number of ether oxygens (including phenoxy) is 1. The largest absolute Gasteiger partial charge is 0.497 e. The lowest BCUT2D eigenvalue weighted by molar-refractivity contribution is -0.122. The van der Waals surface area contributed by atoms with Gasteiger partial charge in [-0.2, -0.15) is 0 Å². The molecule has 5 nitrogen and oxygen atoms in total. The molecule has 5 heteroatoms. The lowest BCUT2D eigenvalue weighted by Crippen LogP contribution is -2.30. The average molecular weight is 380 g/mol. The van der Waals surface area contributed by atoms with Crippen LogP contribution in [0.5, 0.6) is 5.75 Å². The fourth-order valence-corrected chi connectivity index (χ4v) is 4.26. The number of H-pyrrole nitrogens is 1. The van der Waals surface area contributed by atoms with Crippen LogP contribution < -0.4 is 10.1 Å². The number of hydrogen-bond donors (Lipinski definition) is 2. The molecule has 1 atom stereocenters. The minimum atomic E-state index is 0.0921. The average Bonchev–Trinajstić information content (AvgIpc) is 3.35. The number of fused-ring (bicyclic) bond motifs is 3. The van der Waals surface area contributed by atoms with E-state index in [9.17, 15) is 4.79 Å². The van der Waals surface area contributed by atoms with Gasteiger partial charge in [-0.05, 0) is 68.0 Å². The van der Waals surface area contributed by atoms with Gasteiger partial charge in [-0.1, -0.05) is 6.42 Å². The second kappa shape index (κ2) is 8.55. The normalized spacial score (nSPS) is 16.1. The molecule has 4 rings (SSSR count). The zero-order valence-electron chi connectivity index (χ0n) is 16.5. The van der Waals surface area contributed by atoms with Gasteiger partial charge in [0.1, 0.15) is 5.75 Å². The fourth-order valence-electron chi connectivity index (χ4n) is 4.26. The summed E-state index contributed by atoms with van der Waals surface area (Å²) < 4.78 is 7.57. The Labute approximate surface area is 166 Å². The lowest BCUT2D eigenvalue weighted by atomic mass is 9.91. The van der Waals surface area contributed by atoms with Crippen LogP contribution in [-0.2, 0) is 17.8 Å². The number of methoxy groups -OCH3 is 1. The summed E-state index contributed by atoms with van der Waals surface area (Å²) >= 11 is 0. The molecule has 3 aromatic rings. The van der Waals surface area contributed by atoms with E-state index in [0.717, 1.165) is 56.3 Å². The summed E-state index contributed by atoms with van der Waals surface area (Å²) in [5.41, 5.74) is 3.63. The number of nitrogens with zero attached hydrogens (tertiary/aromatic N) is 1. The SMILES string of the molecule is COc1ccc2[nH]c3c(c2c1)CCC[C@H]3NC(=O)CCCCCn1cccc1. The van der Waals surface area contributed by atoms with E-state index in [1.54, 1.807) is 7.11 Å². The number of nitrogens with one attached hydrogen (secondary N) is 2. The molecule has 0 spiro atoms. The molecule has 1 aliphatic rings. The third-order valence-electron chi connectivity index (χ3n) is 5.74. The van der Waals surface area contributed by atoms with Crippen LogP contribution in [0.3, 0.4) is 0 Å². The number of hydrogen-bond acceptors (Lipinski definition) is 2. The van der Waals surface area contributed by atoms with Crippen molar-refractivity contribution in [3.05, 3.63) is 54.0 Å². The minimum Gasteiger partial charge on any atom is -0.497 e. The van der Waals surface area contributed by atoms with Crippen molar-refractivity contribution in [1.82, 2.24) is 14.9 Å². The van der Waals surface area contributed by atoms with Crippen molar-refractivity contribution in [2.75, 3.05) is 7.11 Å². The zero-order valence-corrected chi connectivity index (χ0v) is 16.5. The molecule has 0 radical (unpaired) electrons. The molecule has 1 amide bonds. The molecule has 2 N–H and O–H groups in total. The maximum atomic E-state index is 12.5. The summed E-state index contributed by atoms with van der Waals surface area (Å²) in [6, 6.07) is 10.3. The number of aromatic amines is 1. The summed E-state index contributed by atoms with van der Waals surface area (Å²) in [5, 5.41) is 4.48. The Morgan fingerprint density at radius 1 is 1.25 bits per heavy atom. The van der Waals surface area contributed by atoms with Crippen LogP contribution in [-0.4, -0.2) is 22.6 Å². The third-order valence-corrected chi connectivity index (χ3v) is 5.74. The van der Waals surface area contributed by atoms with E-state index in [4.69, 9.17) is 4.74 Å². The van der Waals surface area contributed by atoms with E-state index in [2.05, 4.69) is 39.4 Å². The van der Waals surface area contributed by atoms with Gasteiger partial charge in [0.05, 0.1) is 13.2 Å². The predicted octanol–water partition coefficient (Wildman–Crippen LogP) is 4.73. The first-order valence-electron chi connectivity index (χ1n) is 10.3. The molecule has 0 unspecified atom stereocenters. The Kier molecular flexibility index (Phi) is 5.70. The number of aryl methyl sites for hydroxylation is 2. The van der Waals surface area contributed by atoms with Gasteiger partial charge in [0, 0.05) is 42.0 Å². The summed E-state index contributed by atoms with van der Waals surface area (Å²) in [6.07, 6.45) is 11.0. The summed E-state index contributed by atoms with van der Waals surface area (Å²) in [7, 11) is 1.70. The van der Waals surface area contributed by atoms with Crippen LogP contribution in [0.1, 0.15) is 55.8 Å². The number of unbranched alkanes of at least 4 members (excludes halogenated alkanes) is 2. The molecule has 0 bridgehead atoms. The first kappa shape index (κ1) is 18.7. The quantitative estimate of drug-likeness (QED) is 0.556. The molecule has 0 fully saturated rings. The number of amides is 1. The number of rotatable bonds is 8. The maximum Gasteiger partial charge on any atom is 0.220 e. The van der Waals surface area contributed by atoms with E-state index in [0.29, 0.717) is 6.42 Å². The van der Waals surface area contributed by atoms with E-state index >= 15 is 0 Å². The van der Waals surface area contributed by atoms with Gasteiger partial charge in [-0.15, -0.1) is 0 Å². The Balaban J connectivity index is 1.32. The van der Waals surface area contributed by atoms with E-state index in [1.165, 1.54) is 16.6 Å². The highest BCUT2D eigenvalue weighted by Gasteiger charge is 2.25. The topological polar surface area (TPSA) is 59.0 Å². The zero-order chi connectivity index (χ0) is 19.3. The van der Waals surface area contributed by atoms with Crippen molar-refractivity contribution >= 4 is 16.8 Å². The Hall–Kier alpha value is -2.69. The molecule has 148 valence electrons. The molecular formula is C23H29N3O2. The molecular weight excluding hydrogens is 350 g/mol. The van der Waals surface area contributed by atoms with Gasteiger partial charge in [0.15, 0.2) is 0 Å². The van der Waals surface area contributed by atoms with Gasteiger partial charge < -0.3 is 19.6 Å². The molecule has 2 heterocycles. The number of benzene rings is 1. The monoisotopic (exact) mass is 379 g/mol. The first-order valence-corrected chi connectivity index (χ1v) is 10.3. The van der Waals surface area contributed by atoms with E-state index in [1.807, 2.05) is 18.2 Å². The highest BCUT2D eigenvalue weighted by molar-refractivity contribution is 5.87. The number of carbonyl (C=O) groups is 1. The lowest BCUT2D eigenvalue weighted by Gasteiger charge is -2.24. The summed E-state index contributed by atoms with van der Waals surface area (Å²) in [5.74, 6) is 1.04. The molecule has 1 aromatic carbocycles. The van der Waals surface area contributed by atoms with Gasteiger partial charge in [0.25, 0.3) is 0 Å². The third kappa shape index (κ3) is 4.08. The Bertz CT molecular complexity index is 927. The van der Waals surface area contributed by atoms with Crippen LogP contribution >= 0.6 is 0 Å². The van der Waals surface area contributed by atoms with Crippen LogP contribution in [0.2, 0.25) is 0 Å². The number of carbonyl (C=O) groups excluding carboxylic acids is 1. The predicted molar refractivity (Wildman–Crippen MR) is 112 cm³/mol. The van der Waals surface area contributed by atoms with Crippen molar-refractivity contribution < 1.29 is 9.53 Å². The fraction of sp³-hybridized carbons (Fsp3) is 0.435. The second-order valence-corrected chi connectivity index (χ2v) is 7.67. The van der Waals surface area contributed by atoms with Crippen molar-refractivity contribution in [2.45, 2.75) is 57.5 Å². The smallest absolute Gasteiger partial charge is 0.220 e. The Morgan fingerprint density at radius 2 is 2.11 bits per heavy atom. The minimum absolute atomic E-state index is 0.0921. The first-order chi connectivity index (χ1) is 13.7. The highest BCUT2D eigenvalue weighted by Crippen LogP contribution is 2.36. The van der Waals surface area contributed by atoms with Crippen LogP contribution in [0.25, 0.3) is 10.9 Å². The second-order valence-electron chi connectivity index (χ2n) is 7.67. The number of aromatic nitrogens is 2. The summed E-state index contributed by atoms with van der Waals surface area (Å²) in [4.78, 5) is 16.0. The maximum absolute atomic E-state index is 12.5. The van der Waals surface area contributed by atoms with E-state index < -0.39 is 0 Å².